The van der Waals surface area contributed by atoms with E-state index in [2.05, 4.69) is 15.6 Å². The van der Waals surface area contributed by atoms with Gasteiger partial charge in [0.05, 0.1) is 21.2 Å². The first-order valence-corrected chi connectivity index (χ1v) is 7.67. The predicted octanol–water partition coefficient (Wildman–Crippen LogP) is 5.24. The number of hydrogen-bond acceptors (Lipinski definition) is 3. The Labute approximate surface area is 143 Å². The van der Waals surface area contributed by atoms with Gasteiger partial charge in [-0.2, -0.15) is 0 Å². The lowest BCUT2D eigenvalue weighted by Gasteiger charge is -2.13. The summed E-state index contributed by atoms with van der Waals surface area (Å²) < 4.78 is 0. The van der Waals surface area contributed by atoms with E-state index in [9.17, 15) is 4.79 Å². The summed E-state index contributed by atoms with van der Waals surface area (Å²) in [5.74, 6) is -0.139. The van der Waals surface area contributed by atoms with Crippen molar-refractivity contribution in [2.45, 2.75) is 6.92 Å². The van der Waals surface area contributed by atoms with E-state index in [0.717, 1.165) is 11.1 Å². The number of para-hydroxylation sites is 1. The fourth-order valence-electron chi connectivity index (χ4n) is 2.30. The Morgan fingerprint density at radius 1 is 1.04 bits per heavy atom. The third-order valence-corrected chi connectivity index (χ3v) is 3.91. The quantitative estimate of drug-likeness (QED) is 0.682. The minimum atomic E-state index is -0.139. The van der Waals surface area contributed by atoms with Gasteiger partial charge in [0.25, 0.3) is 0 Å². The smallest absolute Gasteiger partial charge is 0.221 e. The number of amides is 1. The third-order valence-electron chi connectivity index (χ3n) is 3.28. The van der Waals surface area contributed by atoms with E-state index >= 15 is 0 Å². The van der Waals surface area contributed by atoms with Crippen LogP contribution in [-0.4, -0.2) is 10.9 Å². The zero-order chi connectivity index (χ0) is 16.4. The predicted molar refractivity (Wildman–Crippen MR) is 95.8 cm³/mol. The molecule has 0 radical (unpaired) electrons. The summed E-state index contributed by atoms with van der Waals surface area (Å²) in [6.45, 7) is 1.46. The molecule has 1 aromatic heterocycles. The monoisotopic (exact) mass is 345 g/mol. The molecule has 6 heteroatoms. The molecule has 116 valence electrons. The van der Waals surface area contributed by atoms with Crippen LogP contribution in [0.2, 0.25) is 10.0 Å². The fourth-order valence-corrected chi connectivity index (χ4v) is 2.68. The molecule has 0 unspecified atom stereocenters. The summed E-state index contributed by atoms with van der Waals surface area (Å²) >= 11 is 12.4. The topological polar surface area (TPSA) is 54.0 Å². The zero-order valence-electron chi connectivity index (χ0n) is 12.2. The fraction of sp³-hybridized carbons (Fsp3) is 0.0588. The largest absolute Gasteiger partial charge is 0.354 e. The molecular formula is C17H13Cl2N3O. The van der Waals surface area contributed by atoms with E-state index in [-0.39, 0.29) is 5.91 Å². The highest BCUT2D eigenvalue weighted by Gasteiger charge is 2.08. The normalized spacial score (nSPS) is 10.6. The maximum absolute atomic E-state index is 11.2. The first-order valence-electron chi connectivity index (χ1n) is 6.92. The third kappa shape index (κ3) is 3.38. The standard InChI is InChI=1S/C17H13Cl2N3O/c1-10(23)21-11-5-6-13(18)16(9-11)22-15-7-8-20-17-12(15)3-2-4-14(17)19/h2-9H,1H3,(H,20,22)(H,21,23). The van der Waals surface area contributed by atoms with Gasteiger partial charge in [0.2, 0.25) is 5.91 Å². The Kier molecular flexibility index (Phi) is 4.37. The highest BCUT2D eigenvalue weighted by molar-refractivity contribution is 6.35. The molecule has 0 saturated heterocycles. The van der Waals surface area contributed by atoms with Crippen molar-refractivity contribution in [1.29, 1.82) is 0 Å². The van der Waals surface area contributed by atoms with Crippen molar-refractivity contribution in [1.82, 2.24) is 4.98 Å². The van der Waals surface area contributed by atoms with Crippen LogP contribution >= 0.6 is 23.2 Å². The number of rotatable bonds is 3. The molecule has 0 spiro atoms. The van der Waals surface area contributed by atoms with Crippen LogP contribution in [0, 0.1) is 0 Å². The summed E-state index contributed by atoms with van der Waals surface area (Å²) in [6, 6.07) is 12.7. The van der Waals surface area contributed by atoms with Gasteiger partial charge >= 0.3 is 0 Å². The van der Waals surface area contributed by atoms with Gasteiger partial charge < -0.3 is 10.6 Å². The van der Waals surface area contributed by atoms with Gasteiger partial charge in [-0.15, -0.1) is 0 Å². The number of carbonyl (C=O) groups is 1. The number of carbonyl (C=O) groups excluding carboxylic acids is 1. The summed E-state index contributed by atoms with van der Waals surface area (Å²) in [7, 11) is 0. The van der Waals surface area contributed by atoms with Crippen molar-refractivity contribution in [2.75, 3.05) is 10.6 Å². The van der Waals surface area contributed by atoms with Crippen LogP contribution in [0.5, 0.6) is 0 Å². The number of nitrogens with zero attached hydrogens (tertiary/aromatic N) is 1. The summed E-state index contributed by atoms with van der Waals surface area (Å²) in [4.78, 5) is 15.5. The summed E-state index contributed by atoms with van der Waals surface area (Å²) in [5, 5.41) is 8.03. The number of nitrogens with one attached hydrogen (secondary N) is 2. The van der Waals surface area contributed by atoms with Gasteiger partial charge in [-0.1, -0.05) is 35.3 Å². The molecule has 2 aromatic carbocycles. The SMILES string of the molecule is CC(=O)Nc1ccc(Cl)c(Nc2ccnc3c(Cl)cccc23)c1. The van der Waals surface area contributed by atoms with Crippen LogP contribution in [-0.2, 0) is 4.79 Å². The Morgan fingerprint density at radius 3 is 2.65 bits per heavy atom. The van der Waals surface area contributed by atoms with E-state index in [1.54, 1.807) is 30.5 Å². The van der Waals surface area contributed by atoms with E-state index in [4.69, 9.17) is 23.2 Å². The molecular weight excluding hydrogens is 333 g/mol. The van der Waals surface area contributed by atoms with Gasteiger partial charge in [-0.3, -0.25) is 9.78 Å². The van der Waals surface area contributed by atoms with Gasteiger partial charge in [0, 0.05) is 29.9 Å². The van der Waals surface area contributed by atoms with Gasteiger partial charge in [0.1, 0.15) is 0 Å². The number of fused-ring (bicyclic) bond motifs is 1. The van der Waals surface area contributed by atoms with Crippen molar-refractivity contribution in [3.63, 3.8) is 0 Å². The minimum Gasteiger partial charge on any atom is -0.354 e. The van der Waals surface area contributed by atoms with Gasteiger partial charge in [-0.05, 0) is 30.3 Å². The molecule has 1 heterocycles. The number of hydrogen-bond donors (Lipinski definition) is 2. The summed E-state index contributed by atoms with van der Waals surface area (Å²) in [6.07, 6.45) is 1.68. The van der Waals surface area contributed by atoms with Crippen molar-refractivity contribution in [3.05, 3.63) is 58.7 Å². The van der Waals surface area contributed by atoms with E-state index < -0.39 is 0 Å². The Bertz CT molecular complexity index is 896. The maximum atomic E-state index is 11.2. The molecule has 0 aliphatic carbocycles. The first kappa shape index (κ1) is 15.6. The first-order chi connectivity index (χ1) is 11.0. The molecule has 3 rings (SSSR count). The summed E-state index contributed by atoms with van der Waals surface area (Å²) in [5.41, 5.74) is 2.90. The molecule has 23 heavy (non-hydrogen) atoms. The molecule has 4 nitrogen and oxygen atoms in total. The Morgan fingerprint density at radius 2 is 1.87 bits per heavy atom. The van der Waals surface area contributed by atoms with Gasteiger partial charge in [0.15, 0.2) is 0 Å². The molecule has 0 fully saturated rings. The highest BCUT2D eigenvalue weighted by Crippen LogP contribution is 2.33. The molecule has 0 bridgehead atoms. The number of pyridine rings is 1. The second-order valence-corrected chi connectivity index (χ2v) is 5.81. The Hall–Kier alpha value is -2.30. The van der Waals surface area contributed by atoms with Crippen molar-refractivity contribution in [3.8, 4) is 0 Å². The van der Waals surface area contributed by atoms with Crippen molar-refractivity contribution >= 4 is 57.1 Å². The lowest BCUT2D eigenvalue weighted by Crippen LogP contribution is -2.06. The van der Waals surface area contributed by atoms with Crippen LogP contribution in [0.15, 0.2) is 48.7 Å². The molecule has 1 amide bonds. The number of halogens is 2. The molecule has 3 aromatic rings. The van der Waals surface area contributed by atoms with E-state index in [1.807, 2.05) is 18.2 Å². The lowest BCUT2D eigenvalue weighted by atomic mass is 10.1. The lowest BCUT2D eigenvalue weighted by molar-refractivity contribution is -0.114. The van der Waals surface area contributed by atoms with Crippen molar-refractivity contribution in [2.24, 2.45) is 0 Å². The van der Waals surface area contributed by atoms with Crippen LogP contribution in [0.25, 0.3) is 10.9 Å². The average Bonchev–Trinajstić information content (AvgIpc) is 2.51. The van der Waals surface area contributed by atoms with Crippen LogP contribution in [0.3, 0.4) is 0 Å². The zero-order valence-corrected chi connectivity index (χ0v) is 13.7. The number of benzene rings is 2. The van der Waals surface area contributed by atoms with Gasteiger partial charge in [-0.25, -0.2) is 0 Å². The molecule has 0 aliphatic rings. The minimum absolute atomic E-state index is 0.139. The molecule has 0 atom stereocenters. The molecule has 0 aliphatic heterocycles. The van der Waals surface area contributed by atoms with Crippen LogP contribution in [0.1, 0.15) is 6.92 Å². The maximum Gasteiger partial charge on any atom is 0.221 e. The van der Waals surface area contributed by atoms with Crippen LogP contribution in [0.4, 0.5) is 17.1 Å². The second kappa shape index (κ2) is 6.44. The molecule has 0 saturated carbocycles. The van der Waals surface area contributed by atoms with E-state index in [1.165, 1.54) is 6.92 Å². The highest BCUT2D eigenvalue weighted by atomic mass is 35.5. The average molecular weight is 346 g/mol. The number of anilines is 3. The number of aromatic nitrogens is 1. The van der Waals surface area contributed by atoms with Crippen LogP contribution < -0.4 is 10.6 Å². The molecule has 2 N–H and O–H groups in total. The van der Waals surface area contributed by atoms with Crippen molar-refractivity contribution < 1.29 is 4.79 Å². The Balaban J connectivity index is 2.02. The second-order valence-electron chi connectivity index (χ2n) is 5.00. The van der Waals surface area contributed by atoms with E-state index in [0.29, 0.717) is 26.9 Å².